The van der Waals surface area contributed by atoms with Gasteiger partial charge in [-0.25, -0.2) is 9.97 Å². The molecule has 2 unspecified atom stereocenters. The smallest absolute Gasteiger partial charge is 0.391 e. The molecular weight excluding hydrogens is 426 g/mol. The van der Waals surface area contributed by atoms with Gasteiger partial charge in [0.25, 0.3) is 0 Å². The van der Waals surface area contributed by atoms with Crippen LogP contribution < -0.4 is 10.5 Å². The zero-order chi connectivity index (χ0) is 21.0. The number of aromatic nitrogens is 4. The van der Waals surface area contributed by atoms with Crippen LogP contribution in [0.5, 0.6) is 5.75 Å². The number of hydrogen-bond donors (Lipinski definition) is 1. The summed E-state index contributed by atoms with van der Waals surface area (Å²) in [4.78, 5) is 13.7. The molecule has 0 aliphatic rings. The van der Waals surface area contributed by atoms with E-state index in [4.69, 9.17) is 15.2 Å². The fourth-order valence-electron chi connectivity index (χ4n) is 2.51. The first-order valence-corrected chi connectivity index (χ1v) is 9.97. The Hall–Kier alpha value is -2.10. The topological polar surface area (TPSA) is 88.1 Å². The molecule has 1 aromatic carbocycles. The molecule has 3 aromatic rings. The van der Waals surface area contributed by atoms with E-state index in [1.807, 2.05) is 24.3 Å². The number of halogens is 3. The number of nitrogen functional groups attached to an aromatic ring is 1. The van der Waals surface area contributed by atoms with Crippen LogP contribution in [0.3, 0.4) is 0 Å². The number of methoxy groups -OCH3 is 1. The van der Waals surface area contributed by atoms with Crippen molar-refractivity contribution in [3.8, 4) is 5.75 Å². The molecule has 0 spiro atoms. The molecule has 2 heterocycles. The van der Waals surface area contributed by atoms with Gasteiger partial charge in [0.15, 0.2) is 5.65 Å². The molecule has 2 N–H and O–H groups in total. The van der Waals surface area contributed by atoms with Gasteiger partial charge in [0.05, 0.1) is 32.3 Å². The predicted molar refractivity (Wildman–Crippen MR) is 107 cm³/mol. The fourth-order valence-corrected chi connectivity index (χ4v) is 3.79. The minimum absolute atomic E-state index is 0.0700. The molecule has 2 atom stereocenters. The van der Waals surface area contributed by atoms with Crippen molar-refractivity contribution >= 4 is 38.1 Å². The summed E-state index contributed by atoms with van der Waals surface area (Å²) < 4.78 is 49.2. The highest BCUT2D eigenvalue weighted by molar-refractivity contribution is 7.99. The Bertz CT molecular complexity index is 968. The number of nitrogens with zero attached hydrogens (tertiary/aromatic N) is 4. The monoisotopic (exact) mass is 445 g/mol. The number of nitrogens with two attached hydrogens (primary N) is 1. The molecule has 3 rings (SSSR count). The second-order valence-corrected chi connectivity index (χ2v) is 7.81. The van der Waals surface area contributed by atoms with E-state index in [2.05, 4.69) is 24.2 Å². The third-order valence-corrected chi connectivity index (χ3v) is 5.23. The van der Waals surface area contributed by atoms with Crippen molar-refractivity contribution < 1.29 is 22.6 Å². The molecule has 0 bridgehead atoms. The van der Waals surface area contributed by atoms with Crippen LogP contribution in [0.1, 0.15) is 6.42 Å². The van der Waals surface area contributed by atoms with Crippen molar-refractivity contribution in [1.29, 1.82) is 0 Å². The molecule has 0 aliphatic carbocycles. The van der Waals surface area contributed by atoms with E-state index in [0.29, 0.717) is 16.2 Å². The number of anilines is 1. The van der Waals surface area contributed by atoms with Gasteiger partial charge in [-0.05, 0) is 24.3 Å². The van der Waals surface area contributed by atoms with E-state index in [0.717, 1.165) is 10.6 Å². The van der Waals surface area contributed by atoms with Crippen molar-refractivity contribution in [2.75, 3.05) is 19.5 Å². The fraction of sp³-hybridized carbons (Fsp3) is 0.353. The van der Waals surface area contributed by atoms with Gasteiger partial charge < -0.3 is 19.8 Å². The van der Waals surface area contributed by atoms with E-state index < -0.39 is 18.4 Å². The number of alkyl halides is 3. The van der Waals surface area contributed by atoms with Crippen LogP contribution in [0.15, 0.2) is 40.5 Å². The quantitative estimate of drug-likeness (QED) is 0.417. The molecule has 0 amide bonds. The highest BCUT2D eigenvalue weighted by atomic mass is 32.2. The summed E-state index contributed by atoms with van der Waals surface area (Å²) in [7, 11) is 3.64. The Labute approximate surface area is 171 Å². The Kier molecular flexibility index (Phi) is 6.81. The molecular formula is C17H19F3N5O2PS. The van der Waals surface area contributed by atoms with E-state index in [-0.39, 0.29) is 19.1 Å². The number of benzene rings is 1. The maximum absolute atomic E-state index is 12.4. The van der Waals surface area contributed by atoms with Gasteiger partial charge in [0, 0.05) is 11.4 Å². The van der Waals surface area contributed by atoms with Crippen LogP contribution in [-0.2, 0) is 11.3 Å². The van der Waals surface area contributed by atoms with Gasteiger partial charge in [-0.1, -0.05) is 11.8 Å². The third-order valence-electron chi connectivity index (χ3n) is 3.82. The third kappa shape index (κ3) is 5.94. The summed E-state index contributed by atoms with van der Waals surface area (Å²) in [6, 6.07) is 7.44. The Morgan fingerprint density at radius 1 is 1.24 bits per heavy atom. The van der Waals surface area contributed by atoms with Crippen LogP contribution in [0.4, 0.5) is 19.1 Å². The number of ether oxygens (including phenoxy) is 2. The molecule has 12 heteroatoms. The molecule has 0 aliphatic heterocycles. The number of imidazole rings is 1. The molecule has 7 nitrogen and oxygen atoms in total. The van der Waals surface area contributed by atoms with Crippen molar-refractivity contribution in [2.24, 2.45) is 0 Å². The minimum atomic E-state index is -4.27. The highest BCUT2D eigenvalue weighted by Crippen LogP contribution is 2.32. The summed E-state index contributed by atoms with van der Waals surface area (Å²) in [5.74, 6) is -0.188. The highest BCUT2D eigenvalue weighted by Gasteiger charge is 2.30. The summed E-state index contributed by atoms with van der Waals surface area (Å²) in [6.07, 6.45) is -3.76. The molecule has 0 saturated carbocycles. The van der Waals surface area contributed by atoms with E-state index in [1.165, 1.54) is 11.8 Å². The zero-order valence-corrected chi connectivity index (χ0v) is 17.4. The lowest BCUT2D eigenvalue weighted by Gasteiger charge is -2.15. The second kappa shape index (κ2) is 9.15. The first kappa shape index (κ1) is 21.6. The lowest BCUT2D eigenvalue weighted by atomic mass is 10.3. The zero-order valence-electron chi connectivity index (χ0n) is 15.4. The van der Waals surface area contributed by atoms with Crippen molar-refractivity contribution in [3.05, 3.63) is 30.6 Å². The standard InChI is InChI=1S/C17H19F3N5O2PS/c1-26-10-2-4-11(5-3-10)29-15-13-14(23-16(21)24-15)25(9-22-13)6-7-27-12(28)8-17(18,19)20/h2-5,9,12H,6-8,28H2,1H3,(H2,21,23,24). The average Bonchev–Trinajstić information content (AvgIpc) is 3.04. The lowest BCUT2D eigenvalue weighted by Crippen LogP contribution is -2.19. The van der Waals surface area contributed by atoms with Gasteiger partial charge in [0.1, 0.15) is 16.3 Å². The van der Waals surface area contributed by atoms with E-state index in [9.17, 15) is 13.2 Å². The normalized spacial score (nSPS) is 13.0. The molecule has 0 saturated heterocycles. The maximum atomic E-state index is 12.4. The maximum Gasteiger partial charge on any atom is 0.391 e. The summed E-state index contributed by atoms with van der Waals surface area (Å²) in [6.45, 7) is 0.350. The van der Waals surface area contributed by atoms with Gasteiger partial charge in [-0.2, -0.15) is 18.2 Å². The van der Waals surface area contributed by atoms with E-state index >= 15 is 0 Å². The number of rotatable bonds is 8. The Morgan fingerprint density at radius 3 is 2.62 bits per heavy atom. The average molecular weight is 445 g/mol. The van der Waals surface area contributed by atoms with Crippen LogP contribution in [0.2, 0.25) is 0 Å². The van der Waals surface area contributed by atoms with Gasteiger partial charge in [-0.15, -0.1) is 9.24 Å². The number of fused-ring (bicyclic) bond motifs is 1. The van der Waals surface area contributed by atoms with Gasteiger partial charge in [-0.3, -0.25) is 0 Å². The van der Waals surface area contributed by atoms with Crippen LogP contribution in [-0.4, -0.2) is 45.3 Å². The first-order valence-electron chi connectivity index (χ1n) is 8.49. The summed E-state index contributed by atoms with van der Waals surface area (Å²) in [5.41, 5.74) is 6.89. The Morgan fingerprint density at radius 2 is 1.97 bits per heavy atom. The Balaban J connectivity index is 1.72. The van der Waals surface area contributed by atoms with Gasteiger partial charge in [0.2, 0.25) is 5.95 Å². The number of hydrogen-bond acceptors (Lipinski definition) is 7. The van der Waals surface area contributed by atoms with Crippen LogP contribution in [0.25, 0.3) is 11.2 Å². The SMILES string of the molecule is COc1ccc(Sc2nc(N)nc3c2ncn3CCOC(P)CC(F)(F)F)cc1. The molecule has 0 fully saturated rings. The van der Waals surface area contributed by atoms with Crippen molar-refractivity contribution in [1.82, 2.24) is 19.5 Å². The lowest BCUT2D eigenvalue weighted by molar-refractivity contribution is -0.149. The summed E-state index contributed by atoms with van der Waals surface area (Å²) in [5, 5.41) is 0.582. The second-order valence-electron chi connectivity index (χ2n) is 6.00. The largest absolute Gasteiger partial charge is 0.497 e. The minimum Gasteiger partial charge on any atom is -0.497 e. The predicted octanol–water partition coefficient (Wildman–Crippen LogP) is 3.74. The molecule has 2 aromatic heterocycles. The molecule has 29 heavy (non-hydrogen) atoms. The first-order chi connectivity index (χ1) is 13.7. The van der Waals surface area contributed by atoms with Crippen LogP contribution in [0, 0.1) is 0 Å². The van der Waals surface area contributed by atoms with Crippen molar-refractivity contribution in [3.63, 3.8) is 0 Å². The van der Waals surface area contributed by atoms with E-state index in [1.54, 1.807) is 18.0 Å². The van der Waals surface area contributed by atoms with Crippen molar-refractivity contribution in [2.45, 2.75) is 34.9 Å². The van der Waals surface area contributed by atoms with Crippen LogP contribution >= 0.6 is 21.0 Å². The summed E-state index contributed by atoms with van der Waals surface area (Å²) >= 11 is 1.38. The van der Waals surface area contributed by atoms with Gasteiger partial charge >= 0.3 is 6.18 Å². The molecule has 0 radical (unpaired) electrons. The molecule has 156 valence electrons.